The highest BCUT2D eigenvalue weighted by molar-refractivity contribution is 5.98. The lowest BCUT2D eigenvalue weighted by Crippen LogP contribution is -2.28. The number of aromatic nitrogens is 4. The van der Waals surface area contributed by atoms with E-state index in [1.54, 1.807) is 12.4 Å². The minimum Gasteiger partial charge on any atom is -0.467 e. The van der Waals surface area contributed by atoms with Crippen LogP contribution in [0.25, 0.3) is 33.3 Å². The van der Waals surface area contributed by atoms with Gasteiger partial charge in [0.1, 0.15) is 0 Å². The molecule has 3 N–H and O–H groups in total. The van der Waals surface area contributed by atoms with Gasteiger partial charge >= 0.3 is 12.0 Å². The number of nitrogens with one attached hydrogen (secondary N) is 3. The first-order valence-corrected chi connectivity index (χ1v) is 9.18. The number of anilines is 1. The van der Waals surface area contributed by atoms with Crippen molar-refractivity contribution in [3.8, 4) is 28.3 Å². The van der Waals surface area contributed by atoms with Crippen LogP contribution in [0.5, 0.6) is 6.01 Å². The highest BCUT2D eigenvalue weighted by Crippen LogP contribution is 2.33. The lowest BCUT2D eigenvalue weighted by atomic mass is 9.99. The van der Waals surface area contributed by atoms with Crippen molar-refractivity contribution in [1.29, 1.82) is 0 Å². The van der Waals surface area contributed by atoms with Gasteiger partial charge in [0.25, 0.3) is 0 Å². The van der Waals surface area contributed by atoms with Gasteiger partial charge in [0, 0.05) is 30.1 Å². The summed E-state index contributed by atoms with van der Waals surface area (Å²) in [5.74, 6) is 0.381. The summed E-state index contributed by atoms with van der Waals surface area (Å²) < 4.78 is 5.04. The molecule has 0 fully saturated rings. The van der Waals surface area contributed by atoms with Crippen molar-refractivity contribution in [1.82, 2.24) is 25.3 Å². The number of methoxy groups -OCH3 is 1. The van der Waals surface area contributed by atoms with Crippen molar-refractivity contribution >= 4 is 23.0 Å². The number of fused-ring (bicyclic) bond motifs is 1. The summed E-state index contributed by atoms with van der Waals surface area (Å²) in [4.78, 5) is 28.0. The van der Waals surface area contributed by atoms with E-state index in [4.69, 9.17) is 4.74 Å². The van der Waals surface area contributed by atoms with Gasteiger partial charge < -0.3 is 15.0 Å². The highest BCUT2D eigenvalue weighted by Gasteiger charge is 2.14. The maximum absolute atomic E-state index is 11.9. The molecule has 0 spiro atoms. The number of carbonyl (C=O) groups excluding carboxylic acids is 1. The van der Waals surface area contributed by atoms with Crippen LogP contribution in [0.3, 0.4) is 0 Å². The molecule has 2 aromatic carbocycles. The van der Waals surface area contributed by atoms with E-state index in [1.807, 2.05) is 43.3 Å². The van der Waals surface area contributed by atoms with Crippen LogP contribution >= 0.6 is 0 Å². The number of ether oxygens (including phenoxy) is 1. The second-order valence-corrected chi connectivity index (χ2v) is 6.31. The molecule has 29 heavy (non-hydrogen) atoms. The number of aromatic amines is 1. The average molecular weight is 388 g/mol. The molecule has 0 aliphatic heterocycles. The van der Waals surface area contributed by atoms with Crippen molar-refractivity contribution in [2.24, 2.45) is 0 Å². The maximum atomic E-state index is 11.9. The summed E-state index contributed by atoms with van der Waals surface area (Å²) in [7, 11) is 1.53. The fourth-order valence-corrected chi connectivity index (χ4v) is 3.07. The predicted octanol–water partition coefficient (Wildman–Crippen LogP) is 3.84. The maximum Gasteiger partial charge on any atom is 0.321 e. The third kappa shape index (κ3) is 3.86. The number of urea groups is 1. The highest BCUT2D eigenvalue weighted by atomic mass is 16.5. The van der Waals surface area contributed by atoms with Gasteiger partial charge in [0.05, 0.1) is 18.1 Å². The Morgan fingerprint density at radius 1 is 1.07 bits per heavy atom. The molecule has 0 unspecified atom stereocenters. The van der Waals surface area contributed by atoms with Gasteiger partial charge in [-0.3, -0.25) is 5.32 Å². The lowest BCUT2D eigenvalue weighted by molar-refractivity contribution is 0.252. The van der Waals surface area contributed by atoms with E-state index < -0.39 is 0 Å². The third-order valence-corrected chi connectivity index (χ3v) is 4.39. The Kier molecular flexibility index (Phi) is 5.07. The van der Waals surface area contributed by atoms with Gasteiger partial charge in [-0.1, -0.05) is 30.3 Å². The standard InChI is InChI=1S/C21H20N6O2/c1-3-22-20(28)27-19-25-17-10-14(15-11-23-21(29-2)24-12-15)9-16(18(17)26-19)13-7-5-4-6-8-13/h4-12H,3H2,1-2H3,(H3,22,25,26,27,28). The van der Waals surface area contributed by atoms with E-state index in [0.29, 0.717) is 18.5 Å². The van der Waals surface area contributed by atoms with Crippen LogP contribution in [-0.2, 0) is 0 Å². The first kappa shape index (κ1) is 18.4. The molecule has 2 amide bonds. The molecule has 0 bridgehead atoms. The summed E-state index contributed by atoms with van der Waals surface area (Å²) >= 11 is 0. The van der Waals surface area contributed by atoms with E-state index in [0.717, 1.165) is 33.3 Å². The first-order chi connectivity index (χ1) is 14.2. The number of benzene rings is 2. The van der Waals surface area contributed by atoms with Crippen LogP contribution in [0.4, 0.5) is 10.7 Å². The molecule has 4 rings (SSSR count). The third-order valence-electron chi connectivity index (χ3n) is 4.39. The fourth-order valence-electron chi connectivity index (χ4n) is 3.07. The number of H-pyrrole nitrogens is 1. The number of amides is 2. The molecule has 0 aliphatic carbocycles. The molecular weight excluding hydrogens is 368 g/mol. The summed E-state index contributed by atoms with van der Waals surface area (Å²) in [5.41, 5.74) is 5.30. The zero-order valence-corrected chi connectivity index (χ0v) is 16.1. The first-order valence-electron chi connectivity index (χ1n) is 9.18. The molecule has 2 heterocycles. The SMILES string of the molecule is CCNC(=O)Nc1nc2cc(-c3cnc(OC)nc3)cc(-c3ccccc3)c2[nH]1. The summed E-state index contributed by atoms with van der Waals surface area (Å²) in [5, 5.41) is 5.42. The second-order valence-electron chi connectivity index (χ2n) is 6.31. The van der Waals surface area contributed by atoms with Crippen molar-refractivity contribution in [2.75, 3.05) is 19.0 Å². The van der Waals surface area contributed by atoms with Crippen molar-refractivity contribution < 1.29 is 9.53 Å². The molecule has 8 nitrogen and oxygen atoms in total. The predicted molar refractivity (Wildman–Crippen MR) is 112 cm³/mol. The Morgan fingerprint density at radius 2 is 1.83 bits per heavy atom. The number of rotatable bonds is 5. The van der Waals surface area contributed by atoms with Crippen LogP contribution in [0.2, 0.25) is 0 Å². The van der Waals surface area contributed by atoms with Gasteiger partial charge in [-0.05, 0) is 30.2 Å². The van der Waals surface area contributed by atoms with Crippen molar-refractivity contribution in [2.45, 2.75) is 6.92 Å². The Morgan fingerprint density at radius 3 is 2.52 bits per heavy atom. The normalized spacial score (nSPS) is 10.7. The van der Waals surface area contributed by atoms with Gasteiger partial charge in [-0.25, -0.2) is 19.7 Å². The van der Waals surface area contributed by atoms with E-state index in [-0.39, 0.29) is 6.03 Å². The number of imidazole rings is 1. The van der Waals surface area contributed by atoms with E-state index >= 15 is 0 Å². The Labute approximate surface area is 167 Å². The van der Waals surface area contributed by atoms with E-state index in [9.17, 15) is 4.79 Å². The minimum atomic E-state index is -0.309. The largest absolute Gasteiger partial charge is 0.467 e. The van der Waals surface area contributed by atoms with Gasteiger partial charge in [0.2, 0.25) is 5.95 Å². The molecule has 8 heteroatoms. The number of nitrogens with zero attached hydrogens (tertiary/aromatic N) is 3. The van der Waals surface area contributed by atoms with Crippen LogP contribution in [0.15, 0.2) is 54.9 Å². The molecule has 2 aromatic heterocycles. The topological polar surface area (TPSA) is 105 Å². The number of carbonyl (C=O) groups is 1. The zero-order chi connectivity index (χ0) is 20.2. The molecule has 146 valence electrons. The van der Waals surface area contributed by atoms with Crippen molar-refractivity contribution in [3.05, 3.63) is 54.9 Å². The van der Waals surface area contributed by atoms with Gasteiger partial charge in [0.15, 0.2) is 0 Å². The molecule has 0 aliphatic rings. The van der Waals surface area contributed by atoms with Gasteiger partial charge in [-0.15, -0.1) is 0 Å². The van der Waals surface area contributed by atoms with Crippen LogP contribution in [-0.4, -0.2) is 39.6 Å². The summed E-state index contributed by atoms with van der Waals surface area (Å²) in [6.07, 6.45) is 3.42. The average Bonchev–Trinajstić information content (AvgIpc) is 3.16. The van der Waals surface area contributed by atoms with Gasteiger partial charge in [-0.2, -0.15) is 0 Å². The Hall–Kier alpha value is -3.94. The van der Waals surface area contributed by atoms with Crippen LogP contribution in [0, 0.1) is 0 Å². The van der Waals surface area contributed by atoms with Crippen LogP contribution in [0.1, 0.15) is 6.92 Å². The Bertz CT molecular complexity index is 1140. The molecule has 4 aromatic rings. The second kappa shape index (κ2) is 7.97. The molecule has 0 atom stereocenters. The molecule has 0 saturated carbocycles. The molecule has 0 radical (unpaired) electrons. The summed E-state index contributed by atoms with van der Waals surface area (Å²) in [6.45, 7) is 2.39. The molecular formula is C21H20N6O2. The minimum absolute atomic E-state index is 0.309. The monoisotopic (exact) mass is 388 g/mol. The fraction of sp³-hybridized carbons (Fsp3) is 0.143. The molecule has 0 saturated heterocycles. The number of hydrogen-bond donors (Lipinski definition) is 3. The summed E-state index contributed by atoms with van der Waals surface area (Å²) in [6, 6.07) is 14.0. The van der Waals surface area contributed by atoms with Crippen molar-refractivity contribution in [3.63, 3.8) is 0 Å². The smallest absolute Gasteiger partial charge is 0.321 e. The number of hydrogen-bond acceptors (Lipinski definition) is 5. The van der Waals surface area contributed by atoms with E-state index in [2.05, 4.69) is 36.6 Å². The quantitative estimate of drug-likeness (QED) is 0.482. The van der Waals surface area contributed by atoms with E-state index in [1.165, 1.54) is 7.11 Å². The Balaban J connectivity index is 1.84. The lowest BCUT2D eigenvalue weighted by Gasteiger charge is -2.08. The van der Waals surface area contributed by atoms with Crippen LogP contribution < -0.4 is 15.4 Å². The zero-order valence-electron chi connectivity index (χ0n) is 16.1.